The third kappa shape index (κ3) is 4.08. The Bertz CT molecular complexity index is 1190. The minimum Gasteiger partial charge on any atom is -0.493 e. The molecule has 1 aromatic heterocycles. The number of fused-ring (bicyclic) bond motifs is 3. The number of nitrogens with zero attached hydrogens (tertiary/aromatic N) is 3. The van der Waals surface area contributed by atoms with Crippen LogP contribution in [0.4, 0.5) is 5.95 Å². The quantitative estimate of drug-likeness (QED) is 0.265. The van der Waals surface area contributed by atoms with Gasteiger partial charge in [-0.2, -0.15) is 0 Å². The zero-order valence-corrected chi connectivity index (χ0v) is 20.1. The lowest BCUT2D eigenvalue weighted by atomic mass is 9.89. The van der Waals surface area contributed by atoms with Gasteiger partial charge >= 0.3 is 5.97 Å². The summed E-state index contributed by atoms with van der Waals surface area (Å²) in [6.45, 7) is 4.54. The summed E-state index contributed by atoms with van der Waals surface area (Å²) in [5.74, 6) is -0.259. The van der Waals surface area contributed by atoms with Gasteiger partial charge in [0, 0.05) is 6.54 Å². The van der Waals surface area contributed by atoms with Crippen LogP contribution in [0.5, 0.6) is 11.5 Å². The standard InChI is InChI=1S/C26H31N3O5/c1-5-7-10-15-28-24(30)22(25(31)34-6-2)23(17-13-14-20(32-3)21(16-17)33-4)29-19-12-9-8-11-18(19)27-26(28)29/h8-9,11-14,16,22-23H,5-7,10,15H2,1-4H3. The highest BCUT2D eigenvalue weighted by Crippen LogP contribution is 2.43. The largest absolute Gasteiger partial charge is 0.493 e. The fourth-order valence-electron chi connectivity index (χ4n) is 4.62. The van der Waals surface area contributed by atoms with E-state index in [2.05, 4.69) is 6.92 Å². The van der Waals surface area contributed by atoms with Gasteiger partial charge < -0.3 is 18.8 Å². The molecule has 0 radical (unpaired) electrons. The molecule has 0 fully saturated rings. The Morgan fingerprint density at radius 2 is 1.79 bits per heavy atom. The van der Waals surface area contributed by atoms with Gasteiger partial charge in [0.15, 0.2) is 17.4 Å². The fraction of sp³-hybridized carbons (Fsp3) is 0.423. The van der Waals surface area contributed by atoms with Crippen LogP contribution in [0.1, 0.15) is 44.7 Å². The molecule has 0 N–H and O–H groups in total. The van der Waals surface area contributed by atoms with Crippen molar-refractivity contribution in [1.82, 2.24) is 9.55 Å². The monoisotopic (exact) mass is 465 g/mol. The van der Waals surface area contributed by atoms with Crippen LogP contribution in [0, 0.1) is 5.92 Å². The highest BCUT2D eigenvalue weighted by Gasteiger charge is 2.47. The highest BCUT2D eigenvalue weighted by atomic mass is 16.5. The first-order chi connectivity index (χ1) is 16.5. The lowest BCUT2D eigenvalue weighted by Gasteiger charge is -2.38. The molecule has 1 aliphatic heterocycles. The predicted octanol–water partition coefficient (Wildman–Crippen LogP) is 4.36. The number of carbonyl (C=O) groups excluding carboxylic acids is 2. The van der Waals surface area contributed by atoms with E-state index in [1.165, 1.54) is 0 Å². The molecule has 34 heavy (non-hydrogen) atoms. The molecule has 180 valence electrons. The van der Waals surface area contributed by atoms with Crippen molar-refractivity contribution in [3.8, 4) is 11.5 Å². The van der Waals surface area contributed by atoms with Crippen LogP contribution in [-0.4, -0.2) is 48.8 Å². The molecule has 4 rings (SSSR count). The van der Waals surface area contributed by atoms with Crippen molar-refractivity contribution < 1.29 is 23.8 Å². The van der Waals surface area contributed by atoms with Crippen LogP contribution < -0.4 is 14.4 Å². The maximum atomic E-state index is 13.9. The van der Waals surface area contributed by atoms with Crippen LogP contribution in [0.3, 0.4) is 0 Å². The van der Waals surface area contributed by atoms with E-state index in [1.54, 1.807) is 32.1 Å². The average Bonchev–Trinajstić information content (AvgIpc) is 3.23. The van der Waals surface area contributed by atoms with Crippen LogP contribution >= 0.6 is 0 Å². The molecule has 2 aromatic carbocycles. The highest BCUT2D eigenvalue weighted by molar-refractivity contribution is 6.08. The number of imidazole rings is 1. The van der Waals surface area contributed by atoms with Gasteiger partial charge in [0.05, 0.1) is 37.9 Å². The molecule has 8 nitrogen and oxygen atoms in total. The zero-order valence-electron chi connectivity index (χ0n) is 20.1. The summed E-state index contributed by atoms with van der Waals surface area (Å²) < 4.78 is 18.3. The van der Waals surface area contributed by atoms with Gasteiger partial charge in [-0.05, 0) is 43.2 Å². The second-order valence-electron chi connectivity index (χ2n) is 8.26. The molecule has 2 atom stereocenters. The summed E-state index contributed by atoms with van der Waals surface area (Å²) in [5.41, 5.74) is 2.35. The van der Waals surface area contributed by atoms with E-state index >= 15 is 0 Å². The molecule has 2 heterocycles. The predicted molar refractivity (Wildman–Crippen MR) is 129 cm³/mol. The first-order valence-corrected chi connectivity index (χ1v) is 11.7. The molecule has 3 aromatic rings. The van der Waals surface area contributed by atoms with Crippen molar-refractivity contribution >= 4 is 28.9 Å². The van der Waals surface area contributed by atoms with Crippen LogP contribution in [0.2, 0.25) is 0 Å². The van der Waals surface area contributed by atoms with Crippen LogP contribution in [-0.2, 0) is 14.3 Å². The van der Waals surface area contributed by atoms with Crippen molar-refractivity contribution in [2.45, 2.75) is 39.2 Å². The molecule has 0 bridgehead atoms. The minimum absolute atomic E-state index is 0.189. The molecule has 0 aliphatic carbocycles. The van der Waals surface area contributed by atoms with Crippen molar-refractivity contribution in [1.29, 1.82) is 0 Å². The summed E-state index contributed by atoms with van der Waals surface area (Å²) in [4.78, 5) is 33.6. The first-order valence-electron chi connectivity index (χ1n) is 11.7. The number of hydrogen-bond acceptors (Lipinski definition) is 6. The fourth-order valence-corrected chi connectivity index (χ4v) is 4.62. The Balaban J connectivity index is 1.95. The number of aromatic nitrogens is 2. The topological polar surface area (TPSA) is 82.9 Å². The van der Waals surface area contributed by atoms with Gasteiger partial charge in [0.25, 0.3) is 0 Å². The van der Waals surface area contributed by atoms with Gasteiger partial charge in [-0.1, -0.05) is 38.0 Å². The molecule has 1 aliphatic rings. The summed E-state index contributed by atoms with van der Waals surface area (Å²) in [7, 11) is 3.13. The van der Waals surface area contributed by atoms with E-state index in [-0.39, 0.29) is 12.5 Å². The Labute approximate surface area is 199 Å². The van der Waals surface area contributed by atoms with Crippen molar-refractivity contribution in [3.63, 3.8) is 0 Å². The van der Waals surface area contributed by atoms with Crippen molar-refractivity contribution in [2.24, 2.45) is 5.92 Å². The van der Waals surface area contributed by atoms with E-state index in [4.69, 9.17) is 19.2 Å². The lowest BCUT2D eigenvalue weighted by Crippen LogP contribution is -2.50. The van der Waals surface area contributed by atoms with Crippen molar-refractivity contribution in [3.05, 3.63) is 48.0 Å². The van der Waals surface area contributed by atoms with Crippen LogP contribution in [0.15, 0.2) is 42.5 Å². The SMILES string of the molecule is CCCCCN1C(=O)C(C(=O)OCC)C(c2ccc(OC)c(OC)c2)n2c1nc1ccccc12. The van der Waals surface area contributed by atoms with E-state index < -0.39 is 17.9 Å². The molecule has 0 saturated heterocycles. The van der Waals surface area contributed by atoms with Gasteiger partial charge in [-0.15, -0.1) is 0 Å². The molecule has 1 amide bonds. The van der Waals surface area contributed by atoms with E-state index in [9.17, 15) is 9.59 Å². The average molecular weight is 466 g/mol. The maximum Gasteiger partial charge on any atom is 0.321 e. The summed E-state index contributed by atoms with van der Waals surface area (Å²) in [6, 6.07) is 12.5. The number of amides is 1. The Hall–Kier alpha value is -3.55. The molecular weight excluding hydrogens is 434 g/mol. The molecular formula is C26H31N3O5. The summed E-state index contributed by atoms with van der Waals surface area (Å²) in [6.07, 6.45) is 2.82. The third-order valence-electron chi connectivity index (χ3n) is 6.22. The number of methoxy groups -OCH3 is 2. The summed E-state index contributed by atoms with van der Waals surface area (Å²) >= 11 is 0. The minimum atomic E-state index is -1.05. The van der Waals surface area contributed by atoms with Gasteiger partial charge in [0.1, 0.15) is 0 Å². The van der Waals surface area contributed by atoms with Crippen LogP contribution in [0.25, 0.3) is 11.0 Å². The molecule has 2 unspecified atom stereocenters. The smallest absolute Gasteiger partial charge is 0.321 e. The van der Waals surface area contributed by atoms with Gasteiger partial charge in [0.2, 0.25) is 11.9 Å². The number of hydrogen-bond donors (Lipinski definition) is 0. The Kier molecular flexibility index (Phi) is 7.05. The number of para-hydroxylation sites is 2. The van der Waals surface area contributed by atoms with Gasteiger partial charge in [-0.25, -0.2) is 4.98 Å². The normalized spacial score (nSPS) is 17.5. The second kappa shape index (κ2) is 10.2. The third-order valence-corrected chi connectivity index (χ3v) is 6.22. The first kappa shape index (κ1) is 23.6. The molecule has 8 heteroatoms. The van der Waals surface area contributed by atoms with E-state index in [0.717, 1.165) is 35.9 Å². The van der Waals surface area contributed by atoms with E-state index in [1.807, 2.05) is 41.0 Å². The number of ether oxygens (including phenoxy) is 3. The lowest BCUT2D eigenvalue weighted by molar-refractivity contribution is -0.153. The van der Waals surface area contributed by atoms with E-state index in [0.29, 0.717) is 24.0 Å². The Morgan fingerprint density at radius 1 is 1.03 bits per heavy atom. The maximum absolute atomic E-state index is 13.9. The number of anilines is 1. The number of rotatable bonds is 9. The van der Waals surface area contributed by atoms with Crippen molar-refractivity contribution in [2.75, 3.05) is 32.3 Å². The zero-order chi connectivity index (χ0) is 24.2. The summed E-state index contributed by atoms with van der Waals surface area (Å²) in [5, 5.41) is 0. The number of esters is 1. The molecule has 0 saturated carbocycles. The second-order valence-corrected chi connectivity index (χ2v) is 8.26. The number of unbranched alkanes of at least 4 members (excludes halogenated alkanes) is 2. The van der Waals surface area contributed by atoms with Gasteiger partial charge in [-0.3, -0.25) is 14.5 Å². The Morgan fingerprint density at radius 3 is 2.50 bits per heavy atom. The number of carbonyl (C=O) groups is 2. The number of benzene rings is 2. The molecule has 0 spiro atoms.